The molecule has 1 aliphatic rings. The van der Waals surface area contributed by atoms with Crippen molar-refractivity contribution in [1.82, 2.24) is 9.97 Å². The predicted molar refractivity (Wildman–Crippen MR) is 80.6 cm³/mol. The number of aromatic nitrogens is 2. The van der Waals surface area contributed by atoms with Gasteiger partial charge in [0.25, 0.3) is 0 Å². The van der Waals surface area contributed by atoms with Crippen molar-refractivity contribution in [3.8, 4) is 11.5 Å². The molecule has 114 valence electrons. The van der Waals surface area contributed by atoms with E-state index in [-0.39, 0.29) is 11.6 Å². The lowest BCUT2D eigenvalue weighted by atomic mass is 9.84. The Hall–Kier alpha value is -2.35. The van der Waals surface area contributed by atoms with Crippen LogP contribution >= 0.6 is 0 Å². The molecule has 22 heavy (non-hydrogen) atoms. The minimum Gasteiger partial charge on any atom is -0.476 e. The standard InChI is InChI=1S/C14H16BN3O4/c1-15(21)18(7-9-2-3-9)12-6-10(4-5-16-12)13-17-11(8-22-13)14(19)20/h4-6,8-9,21H,2-3,7H2,1H3,(H,19,20). The lowest BCUT2D eigenvalue weighted by Crippen LogP contribution is -2.39. The van der Waals surface area contributed by atoms with Crippen molar-refractivity contribution >= 4 is 18.8 Å². The molecule has 1 aliphatic carbocycles. The number of rotatable bonds is 6. The van der Waals surface area contributed by atoms with Crippen LogP contribution in [-0.2, 0) is 0 Å². The van der Waals surface area contributed by atoms with Crippen LogP contribution in [0.4, 0.5) is 5.82 Å². The molecule has 0 amide bonds. The van der Waals surface area contributed by atoms with Crippen molar-refractivity contribution in [3.05, 3.63) is 30.3 Å². The molecule has 1 fully saturated rings. The van der Waals surface area contributed by atoms with Crippen molar-refractivity contribution in [1.29, 1.82) is 0 Å². The number of pyridine rings is 1. The van der Waals surface area contributed by atoms with Crippen molar-refractivity contribution in [2.24, 2.45) is 5.92 Å². The second-order valence-electron chi connectivity index (χ2n) is 5.47. The van der Waals surface area contributed by atoms with Crippen molar-refractivity contribution < 1.29 is 19.3 Å². The lowest BCUT2D eigenvalue weighted by molar-refractivity contribution is 0.0690. The third-order valence-corrected chi connectivity index (χ3v) is 3.61. The number of hydrogen-bond donors (Lipinski definition) is 2. The van der Waals surface area contributed by atoms with Gasteiger partial charge >= 0.3 is 13.0 Å². The zero-order chi connectivity index (χ0) is 15.7. The quantitative estimate of drug-likeness (QED) is 0.784. The summed E-state index contributed by atoms with van der Waals surface area (Å²) in [5, 5.41) is 18.8. The van der Waals surface area contributed by atoms with Gasteiger partial charge in [-0.15, -0.1) is 0 Å². The van der Waals surface area contributed by atoms with Crippen LogP contribution in [0.2, 0.25) is 6.82 Å². The van der Waals surface area contributed by atoms with Gasteiger partial charge in [-0.25, -0.2) is 14.8 Å². The first kappa shape index (κ1) is 14.6. The van der Waals surface area contributed by atoms with E-state index in [4.69, 9.17) is 9.52 Å². The van der Waals surface area contributed by atoms with Crippen LogP contribution in [0.15, 0.2) is 29.0 Å². The zero-order valence-corrected chi connectivity index (χ0v) is 12.1. The van der Waals surface area contributed by atoms with E-state index in [1.165, 1.54) is 12.8 Å². The van der Waals surface area contributed by atoms with Crippen molar-refractivity contribution in [2.45, 2.75) is 19.7 Å². The fourth-order valence-corrected chi connectivity index (χ4v) is 2.23. The fourth-order valence-electron chi connectivity index (χ4n) is 2.23. The van der Waals surface area contributed by atoms with Gasteiger partial charge < -0.3 is 19.4 Å². The summed E-state index contributed by atoms with van der Waals surface area (Å²) in [7, 11) is -0.650. The summed E-state index contributed by atoms with van der Waals surface area (Å²) in [6, 6.07) is 3.44. The van der Waals surface area contributed by atoms with Crippen LogP contribution in [0.25, 0.3) is 11.5 Å². The number of aromatic carboxylic acids is 1. The minimum atomic E-state index is -1.14. The summed E-state index contributed by atoms with van der Waals surface area (Å²) in [5.74, 6) is 0.302. The third-order valence-electron chi connectivity index (χ3n) is 3.61. The Bertz CT molecular complexity index is 684. The number of hydrogen-bond acceptors (Lipinski definition) is 6. The topological polar surface area (TPSA) is 99.7 Å². The number of carboxylic acids is 1. The maximum absolute atomic E-state index is 10.9. The smallest absolute Gasteiger partial charge is 0.410 e. The van der Waals surface area contributed by atoms with Crippen LogP contribution in [0.3, 0.4) is 0 Å². The zero-order valence-electron chi connectivity index (χ0n) is 12.1. The lowest BCUT2D eigenvalue weighted by Gasteiger charge is -2.24. The van der Waals surface area contributed by atoms with Crippen LogP contribution in [0.5, 0.6) is 0 Å². The van der Waals surface area contributed by atoms with E-state index in [2.05, 4.69) is 9.97 Å². The third kappa shape index (κ3) is 3.11. The summed E-state index contributed by atoms with van der Waals surface area (Å²) in [5.41, 5.74) is 0.484. The molecule has 1 saturated carbocycles. The normalized spacial score (nSPS) is 13.9. The molecule has 0 aliphatic heterocycles. The first-order chi connectivity index (χ1) is 10.5. The van der Waals surface area contributed by atoms with Crippen LogP contribution in [0.1, 0.15) is 23.3 Å². The summed E-state index contributed by atoms with van der Waals surface area (Å²) in [6.07, 6.45) is 5.04. The molecule has 0 unspecified atom stereocenters. The van der Waals surface area contributed by atoms with Crippen molar-refractivity contribution in [3.63, 3.8) is 0 Å². The highest BCUT2D eigenvalue weighted by molar-refractivity contribution is 6.53. The van der Waals surface area contributed by atoms with E-state index in [1.54, 1.807) is 25.2 Å². The van der Waals surface area contributed by atoms with Gasteiger partial charge in [0.1, 0.15) is 12.1 Å². The minimum absolute atomic E-state index is 0.140. The highest BCUT2D eigenvalue weighted by Crippen LogP contribution is 2.32. The van der Waals surface area contributed by atoms with Gasteiger partial charge in [-0.1, -0.05) is 0 Å². The first-order valence-electron chi connectivity index (χ1n) is 7.14. The van der Waals surface area contributed by atoms with Gasteiger partial charge in [-0.3, -0.25) is 0 Å². The van der Waals surface area contributed by atoms with Gasteiger partial charge in [-0.05, 0) is 37.7 Å². The van der Waals surface area contributed by atoms with Gasteiger partial charge in [0.2, 0.25) is 5.89 Å². The van der Waals surface area contributed by atoms with Crippen LogP contribution in [-0.4, -0.2) is 39.7 Å². The number of carboxylic acid groups (broad SMARTS) is 1. The second kappa shape index (κ2) is 5.80. The van der Waals surface area contributed by atoms with Crippen LogP contribution in [0, 0.1) is 5.92 Å². The predicted octanol–water partition coefficient (Wildman–Crippen LogP) is 1.76. The van der Waals surface area contributed by atoms with Gasteiger partial charge in [0, 0.05) is 18.3 Å². The second-order valence-corrected chi connectivity index (χ2v) is 5.47. The molecule has 8 heteroatoms. The SMILES string of the molecule is CB(O)N(CC1CC1)c1cc(-c2nc(C(=O)O)co2)ccn1. The average Bonchev–Trinajstić information content (AvgIpc) is 3.17. The van der Waals surface area contributed by atoms with E-state index >= 15 is 0 Å². The molecule has 0 spiro atoms. The Morgan fingerprint density at radius 2 is 2.32 bits per heavy atom. The average molecular weight is 301 g/mol. The molecular formula is C14H16BN3O4. The molecule has 0 radical (unpaired) electrons. The number of oxazole rings is 1. The summed E-state index contributed by atoms with van der Waals surface area (Å²) in [6.45, 7) is 2.45. The van der Waals surface area contributed by atoms with Gasteiger partial charge in [0.15, 0.2) is 5.69 Å². The van der Waals surface area contributed by atoms with E-state index in [1.807, 2.05) is 4.81 Å². The number of anilines is 1. The summed E-state index contributed by atoms with van der Waals surface area (Å²) in [4.78, 5) is 20.9. The fraction of sp³-hybridized carbons (Fsp3) is 0.357. The molecule has 3 rings (SSSR count). The molecule has 0 aromatic carbocycles. The summed E-state index contributed by atoms with van der Waals surface area (Å²) < 4.78 is 5.20. The molecule has 2 aromatic rings. The van der Waals surface area contributed by atoms with E-state index < -0.39 is 13.0 Å². The molecule has 7 nitrogen and oxygen atoms in total. The maximum atomic E-state index is 10.9. The van der Waals surface area contributed by atoms with Gasteiger partial charge in [-0.2, -0.15) is 0 Å². The molecule has 2 heterocycles. The Kier molecular flexibility index (Phi) is 3.85. The van der Waals surface area contributed by atoms with Gasteiger partial charge in [0.05, 0.1) is 0 Å². The van der Waals surface area contributed by atoms with Crippen molar-refractivity contribution in [2.75, 3.05) is 11.4 Å². The molecule has 2 N–H and O–H groups in total. The number of carbonyl (C=O) groups is 1. The largest absolute Gasteiger partial charge is 0.476 e. The first-order valence-corrected chi connectivity index (χ1v) is 7.14. The van der Waals surface area contributed by atoms with E-state index in [0.29, 0.717) is 17.3 Å². The number of nitrogens with zero attached hydrogens (tertiary/aromatic N) is 3. The molecule has 0 bridgehead atoms. The Balaban J connectivity index is 1.88. The molecule has 2 aromatic heterocycles. The Labute approximate surface area is 127 Å². The highest BCUT2D eigenvalue weighted by Gasteiger charge is 2.28. The highest BCUT2D eigenvalue weighted by atomic mass is 16.4. The molecular weight excluding hydrogens is 285 g/mol. The van der Waals surface area contributed by atoms with E-state index in [0.717, 1.165) is 12.8 Å². The monoisotopic (exact) mass is 301 g/mol. The maximum Gasteiger partial charge on any atom is 0.410 e. The Morgan fingerprint density at radius 1 is 1.55 bits per heavy atom. The van der Waals surface area contributed by atoms with Crippen LogP contribution < -0.4 is 4.81 Å². The molecule has 0 saturated heterocycles. The Morgan fingerprint density at radius 3 is 2.91 bits per heavy atom. The summed E-state index contributed by atoms with van der Waals surface area (Å²) >= 11 is 0. The molecule has 0 atom stereocenters. The van der Waals surface area contributed by atoms with E-state index in [9.17, 15) is 9.82 Å².